The van der Waals surface area contributed by atoms with E-state index >= 15 is 0 Å². The fourth-order valence-corrected chi connectivity index (χ4v) is 8.85. The molecule has 0 bridgehead atoms. The Morgan fingerprint density at radius 2 is 0.759 bits per heavy atom. The highest BCUT2D eigenvalue weighted by Crippen LogP contribution is 2.43. The highest BCUT2D eigenvalue weighted by Gasteiger charge is 2.18. The molecule has 2 heteroatoms. The second kappa shape index (κ2) is 14.1. The Hall–Kier alpha value is -7.68. The molecule has 0 unspecified atom stereocenters. The molecule has 10 aromatic carbocycles. The third kappa shape index (κ3) is 5.74. The molecule has 272 valence electrons. The fourth-order valence-electron chi connectivity index (χ4n) is 8.85. The van der Waals surface area contributed by atoms with Crippen molar-refractivity contribution in [2.24, 2.45) is 0 Å². The molecule has 0 aliphatic heterocycles. The average molecular weight is 739 g/mol. The molecule has 2 nitrogen and oxygen atoms in total. The Labute approximate surface area is 338 Å². The van der Waals surface area contributed by atoms with Gasteiger partial charge in [0.05, 0.1) is 16.7 Å². The predicted molar refractivity (Wildman–Crippen MR) is 247 cm³/mol. The molecule has 0 N–H and O–H groups in total. The van der Waals surface area contributed by atoms with Gasteiger partial charge in [0, 0.05) is 33.4 Å². The molecule has 11 aromatic rings. The largest absolute Gasteiger partial charge is 0.310 e. The number of hydrogen-bond donors (Lipinski definition) is 0. The molecule has 0 amide bonds. The highest BCUT2D eigenvalue weighted by atomic mass is 15.1. The van der Waals surface area contributed by atoms with Crippen molar-refractivity contribution in [1.82, 2.24) is 4.57 Å². The standard InChI is InChI=1S/C56H38N2/c1-2-14-41(15-3-1)48-18-8-11-23-54(48)57(45-36-30-42(31-37-45)53-38-43-16-4-5-17-47(43)49-19-6-7-20-50(49)53)44-32-26-39(27-33-44)40-28-34-46(35-29-40)58-55-24-12-9-21-51(55)52-22-10-13-25-56(52)58/h1-38H. The van der Waals surface area contributed by atoms with Crippen molar-refractivity contribution in [2.75, 3.05) is 4.90 Å². The van der Waals surface area contributed by atoms with Crippen molar-refractivity contribution in [3.05, 3.63) is 231 Å². The number of hydrogen-bond acceptors (Lipinski definition) is 1. The molecule has 0 spiro atoms. The molecule has 0 saturated heterocycles. The maximum atomic E-state index is 2.39. The molecule has 1 heterocycles. The minimum absolute atomic E-state index is 1.10. The summed E-state index contributed by atoms with van der Waals surface area (Å²) in [4.78, 5) is 2.39. The topological polar surface area (TPSA) is 8.17 Å². The molecule has 0 aliphatic carbocycles. The summed E-state index contributed by atoms with van der Waals surface area (Å²) in [5, 5.41) is 7.62. The lowest BCUT2D eigenvalue weighted by atomic mass is 9.93. The molecule has 11 rings (SSSR count). The van der Waals surface area contributed by atoms with Crippen molar-refractivity contribution < 1.29 is 0 Å². The molecule has 0 atom stereocenters. The van der Waals surface area contributed by atoms with Crippen LogP contribution in [0.2, 0.25) is 0 Å². The van der Waals surface area contributed by atoms with Gasteiger partial charge in [-0.1, -0.05) is 170 Å². The van der Waals surface area contributed by atoms with Crippen LogP contribution in [-0.2, 0) is 0 Å². The van der Waals surface area contributed by atoms with Crippen molar-refractivity contribution in [3.8, 4) is 39.1 Å². The summed E-state index contributed by atoms with van der Waals surface area (Å²) in [7, 11) is 0. The van der Waals surface area contributed by atoms with Gasteiger partial charge in [-0.15, -0.1) is 0 Å². The summed E-state index contributed by atoms with van der Waals surface area (Å²) < 4.78 is 2.37. The van der Waals surface area contributed by atoms with Crippen LogP contribution in [0, 0.1) is 0 Å². The monoisotopic (exact) mass is 738 g/mol. The lowest BCUT2D eigenvalue weighted by Crippen LogP contribution is -2.11. The Kier molecular flexibility index (Phi) is 8.19. The van der Waals surface area contributed by atoms with Crippen LogP contribution in [0.3, 0.4) is 0 Å². The van der Waals surface area contributed by atoms with E-state index in [4.69, 9.17) is 0 Å². The van der Waals surface area contributed by atoms with Crippen molar-refractivity contribution in [2.45, 2.75) is 0 Å². The summed E-state index contributed by atoms with van der Waals surface area (Å²) in [6, 6.07) is 83.6. The van der Waals surface area contributed by atoms with Gasteiger partial charge in [-0.25, -0.2) is 0 Å². The highest BCUT2D eigenvalue weighted by molar-refractivity contribution is 6.14. The van der Waals surface area contributed by atoms with Gasteiger partial charge >= 0.3 is 0 Å². The van der Waals surface area contributed by atoms with Crippen LogP contribution in [0.4, 0.5) is 17.1 Å². The number of nitrogens with zero attached hydrogens (tertiary/aromatic N) is 2. The first-order valence-electron chi connectivity index (χ1n) is 19.9. The van der Waals surface area contributed by atoms with E-state index in [0.717, 1.165) is 22.7 Å². The molecule has 0 saturated carbocycles. The van der Waals surface area contributed by atoms with Gasteiger partial charge in [0.15, 0.2) is 0 Å². The number of benzene rings is 10. The number of para-hydroxylation sites is 3. The van der Waals surface area contributed by atoms with Gasteiger partial charge in [0.2, 0.25) is 0 Å². The number of rotatable bonds is 7. The molecular weight excluding hydrogens is 701 g/mol. The van der Waals surface area contributed by atoms with E-state index in [1.54, 1.807) is 0 Å². The third-order valence-corrected chi connectivity index (χ3v) is 11.6. The molecule has 58 heavy (non-hydrogen) atoms. The SMILES string of the molecule is c1ccc(-c2ccccc2N(c2ccc(-c3ccc(-n4c5ccccc5c5ccccc54)cc3)cc2)c2ccc(-c3cc4ccccc4c4ccccc34)cc2)cc1. The summed E-state index contributed by atoms with van der Waals surface area (Å²) >= 11 is 0. The zero-order valence-corrected chi connectivity index (χ0v) is 31.8. The number of fused-ring (bicyclic) bond motifs is 6. The smallest absolute Gasteiger partial charge is 0.0541 e. The summed E-state index contributed by atoms with van der Waals surface area (Å²) in [6.45, 7) is 0. The van der Waals surface area contributed by atoms with Crippen LogP contribution in [0.5, 0.6) is 0 Å². The number of anilines is 3. The zero-order valence-electron chi connectivity index (χ0n) is 31.8. The first-order chi connectivity index (χ1) is 28.8. The lowest BCUT2D eigenvalue weighted by molar-refractivity contribution is 1.18. The normalized spacial score (nSPS) is 11.4. The minimum atomic E-state index is 1.10. The summed E-state index contributed by atoms with van der Waals surface area (Å²) in [5.41, 5.74) is 14.1. The molecule has 0 aliphatic rings. The Morgan fingerprint density at radius 3 is 1.41 bits per heavy atom. The van der Waals surface area contributed by atoms with E-state index in [0.29, 0.717) is 0 Å². The number of aromatic nitrogens is 1. The van der Waals surface area contributed by atoms with E-state index < -0.39 is 0 Å². The first kappa shape index (κ1) is 33.6. The fraction of sp³-hybridized carbons (Fsp3) is 0. The maximum absolute atomic E-state index is 2.39. The van der Waals surface area contributed by atoms with Gasteiger partial charge in [0.25, 0.3) is 0 Å². The van der Waals surface area contributed by atoms with Gasteiger partial charge in [0.1, 0.15) is 0 Å². The summed E-state index contributed by atoms with van der Waals surface area (Å²) in [5.74, 6) is 0. The first-order valence-corrected chi connectivity index (χ1v) is 19.9. The van der Waals surface area contributed by atoms with E-state index in [1.807, 2.05) is 0 Å². The van der Waals surface area contributed by atoms with Gasteiger partial charge in [-0.05, 0) is 110 Å². The Morgan fingerprint density at radius 1 is 0.293 bits per heavy atom. The third-order valence-electron chi connectivity index (χ3n) is 11.6. The molecule has 0 radical (unpaired) electrons. The predicted octanol–water partition coefficient (Wildman–Crippen LogP) is 15.6. The van der Waals surface area contributed by atoms with E-state index in [1.165, 1.54) is 76.7 Å². The summed E-state index contributed by atoms with van der Waals surface area (Å²) in [6.07, 6.45) is 0. The van der Waals surface area contributed by atoms with Crippen LogP contribution >= 0.6 is 0 Å². The van der Waals surface area contributed by atoms with Crippen LogP contribution in [0.15, 0.2) is 231 Å². The van der Waals surface area contributed by atoms with Crippen LogP contribution in [0.1, 0.15) is 0 Å². The second-order valence-corrected chi connectivity index (χ2v) is 14.9. The second-order valence-electron chi connectivity index (χ2n) is 14.9. The Bertz CT molecular complexity index is 3200. The van der Waals surface area contributed by atoms with Crippen LogP contribution in [0.25, 0.3) is 82.4 Å². The molecule has 1 aromatic heterocycles. The van der Waals surface area contributed by atoms with Crippen LogP contribution < -0.4 is 4.90 Å². The van der Waals surface area contributed by atoms with Gasteiger partial charge in [-0.2, -0.15) is 0 Å². The quantitative estimate of drug-likeness (QED) is 0.148. The minimum Gasteiger partial charge on any atom is -0.310 e. The van der Waals surface area contributed by atoms with Crippen molar-refractivity contribution in [3.63, 3.8) is 0 Å². The lowest BCUT2D eigenvalue weighted by Gasteiger charge is -2.28. The average Bonchev–Trinajstić information content (AvgIpc) is 3.64. The molecular formula is C56H38N2. The van der Waals surface area contributed by atoms with E-state index in [-0.39, 0.29) is 0 Å². The van der Waals surface area contributed by atoms with Crippen LogP contribution in [-0.4, -0.2) is 4.57 Å². The van der Waals surface area contributed by atoms with Gasteiger partial charge < -0.3 is 9.47 Å². The zero-order chi connectivity index (χ0) is 38.4. The van der Waals surface area contributed by atoms with E-state index in [2.05, 4.69) is 240 Å². The van der Waals surface area contributed by atoms with Gasteiger partial charge in [-0.3, -0.25) is 0 Å². The van der Waals surface area contributed by atoms with E-state index in [9.17, 15) is 0 Å². The maximum Gasteiger partial charge on any atom is 0.0541 e. The molecule has 0 fully saturated rings. The Balaban J connectivity index is 0.985. The van der Waals surface area contributed by atoms with Crippen molar-refractivity contribution >= 4 is 60.4 Å². The van der Waals surface area contributed by atoms with Crippen molar-refractivity contribution in [1.29, 1.82) is 0 Å².